The van der Waals surface area contributed by atoms with Gasteiger partial charge >= 0.3 is 6.09 Å². The number of hydrogen-bond donors (Lipinski definition) is 1. The Morgan fingerprint density at radius 3 is 2.77 bits per heavy atom. The van der Waals surface area contributed by atoms with Crippen LogP contribution in [0.15, 0.2) is 24.4 Å². The summed E-state index contributed by atoms with van der Waals surface area (Å²) in [5.74, 6) is 0.142. The summed E-state index contributed by atoms with van der Waals surface area (Å²) >= 11 is 0. The van der Waals surface area contributed by atoms with Crippen LogP contribution < -0.4 is 15.5 Å². The standard InChI is InChI=1S/C22H23N5O3/c1-12-11-30-22(29)26(12)16-5-13-7-20(25-10-18(13)19(24)8-16)27(15-3-2-4-15)21(28)17-6-14(17)9-23/h5,7-8,10,12,14-15,17H,2-4,6,11,24H2,1H3/t12-,14+,17-/m1/s1. The van der Waals surface area contributed by atoms with Crippen LogP contribution in [-0.2, 0) is 9.53 Å². The summed E-state index contributed by atoms with van der Waals surface area (Å²) in [7, 11) is 0. The minimum atomic E-state index is -0.391. The molecule has 8 nitrogen and oxygen atoms in total. The molecule has 8 heteroatoms. The van der Waals surface area contributed by atoms with Crippen molar-refractivity contribution in [3.63, 3.8) is 0 Å². The van der Waals surface area contributed by atoms with Gasteiger partial charge in [-0.2, -0.15) is 5.26 Å². The quantitative estimate of drug-likeness (QED) is 0.782. The second-order valence-electron chi connectivity index (χ2n) is 8.47. The van der Waals surface area contributed by atoms with Gasteiger partial charge in [0.15, 0.2) is 0 Å². The van der Waals surface area contributed by atoms with Crippen LogP contribution in [0.4, 0.5) is 22.0 Å². The molecule has 0 spiro atoms. The fraction of sp³-hybridized carbons (Fsp3) is 0.455. The highest BCUT2D eigenvalue weighted by Crippen LogP contribution is 2.42. The van der Waals surface area contributed by atoms with Gasteiger partial charge in [0.25, 0.3) is 0 Å². The lowest BCUT2D eigenvalue weighted by molar-refractivity contribution is -0.120. The number of aromatic nitrogens is 1. The first-order chi connectivity index (χ1) is 14.5. The first-order valence-electron chi connectivity index (χ1n) is 10.4. The Morgan fingerprint density at radius 1 is 1.37 bits per heavy atom. The number of carbonyl (C=O) groups excluding carboxylic acids is 2. The summed E-state index contributed by atoms with van der Waals surface area (Å²) in [6.07, 6.45) is 4.88. The molecule has 1 aromatic heterocycles. The number of hydrogen-bond acceptors (Lipinski definition) is 6. The van der Waals surface area contributed by atoms with Crippen LogP contribution in [0.1, 0.15) is 32.6 Å². The summed E-state index contributed by atoms with van der Waals surface area (Å²) in [5, 5.41) is 10.7. The number of carbonyl (C=O) groups is 2. The number of fused-ring (bicyclic) bond motifs is 1. The number of ether oxygens (including phenoxy) is 1. The van der Waals surface area contributed by atoms with Crippen molar-refractivity contribution in [2.24, 2.45) is 11.8 Å². The average molecular weight is 405 g/mol. The van der Waals surface area contributed by atoms with E-state index in [0.717, 1.165) is 30.0 Å². The summed E-state index contributed by atoms with van der Waals surface area (Å²) in [5.41, 5.74) is 7.44. The number of benzene rings is 1. The van der Waals surface area contributed by atoms with E-state index in [0.29, 0.717) is 30.2 Å². The number of nitrogen functional groups attached to an aromatic ring is 1. The third-order valence-corrected chi connectivity index (χ3v) is 6.40. The normalized spacial score (nSPS) is 25.5. The van der Waals surface area contributed by atoms with Crippen molar-refractivity contribution >= 4 is 40.0 Å². The lowest BCUT2D eigenvalue weighted by Gasteiger charge is -2.37. The Hall–Kier alpha value is -3.34. The van der Waals surface area contributed by atoms with Crippen LogP contribution in [-0.4, -0.2) is 35.7 Å². The van der Waals surface area contributed by atoms with E-state index in [9.17, 15) is 9.59 Å². The molecule has 154 valence electrons. The van der Waals surface area contributed by atoms with Gasteiger partial charge in [-0.15, -0.1) is 0 Å². The molecule has 3 fully saturated rings. The van der Waals surface area contributed by atoms with Crippen molar-refractivity contribution in [2.75, 3.05) is 22.1 Å². The number of nitrogens with two attached hydrogens (primary N) is 1. The lowest BCUT2D eigenvalue weighted by atomic mass is 9.91. The van der Waals surface area contributed by atoms with E-state index in [2.05, 4.69) is 11.1 Å². The minimum Gasteiger partial charge on any atom is -0.447 e. The molecule has 5 rings (SSSR count). The summed E-state index contributed by atoms with van der Waals surface area (Å²) in [6, 6.07) is 7.74. The smallest absolute Gasteiger partial charge is 0.414 e. The van der Waals surface area contributed by atoms with Gasteiger partial charge in [0.2, 0.25) is 5.91 Å². The maximum Gasteiger partial charge on any atom is 0.414 e. The highest BCUT2D eigenvalue weighted by atomic mass is 16.6. The lowest BCUT2D eigenvalue weighted by Crippen LogP contribution is -2.46. The Balaban J connectivity index is 1.55. The molecular formula is C22H23N5O3. The van der Waals surface area contributed by atoms with Crippen molar-refractivity contribution in [3.8, 4) is 6.07 Å². The van der Waals surface area contributed by atoms with Gasteiger partial charge in [-0.1, -0.05) is 0 Å². The van der Waals surface area contributed by atoms with Crippen LogP contribution in [0.5, 0.6) is 0 Å². The second kappa shape index (κ2) is 6.87. The zero-order chi connectivity index (χ0) is 21.0. The van der Waals surface area contributed by atoms with Crippen LogP contribution in [0, 0.1) is 23.2 Å². The topological polar surface area (TPSA) is 113 Å². The molecule has 2 heterocycles. The van der Waals surface area contributed by atoms with Crippen LogP contribution >= 0.6 is 0 Å². The minimum absolute atomic E-state index is 0.0148. The van der Waals surface area contributed by atoms with Crippen LogP contribution in [0.3, 0.4) is 0 Å². The molecule has 0 radical (unpaired) electrons. The predicted octanol–water partition coefficient (Wildman–Crippen LogP) is 3.21. The zero-order valence-corrected chi connectivity index (χ0v) is 16.7. The van der Waals surface area contributed by atoms with E-state index in [1.54, 1.807) is 22.1 Å². The molecule has 1 saturated heterocycles. The molecule has 2 saturated carbocycles. The van der Waals surface area contributed by atoms with Crippen LogP contribution in [0.2, 0.25) is 0 Å². The monoisotopic (exact) mass is 405 g/mol. The van der Waals surface area contributed by atoms with Gasteiger partial charge in [-0.3, -0.25) is 14.6 Å². The number of nitrogens with zero attached hydrogens (tertiary/aromatic N) is 4. The molecule has 2 aliphatic carbocycles. The van der Waals surface area contributed by atoms with E-state index in [1.165, 1.54) is 0 Å². The summed E-state index contributed by atoms with van der Waals surface area (Å²) < 4.78 is 5.14. The third kappa shape index (κ3) is 2.93. The van der Waals surface area contributed by atoms with Gasteiger partial charge in [-0.25, -0.2) is 9.78 Å². The average Bonchev–Trinajstić information content (AvgIpc) is 3.41. The molecule has 30 heavy (non-hydrogen) atoms. The Morgan fingerprint density at radius 2 is 2.17 bits per heavy atom. The molecule has 0 bridgehead atoms. The molecule has 1 aliphatic heterocycles. The van der Waals surface area contributed by atoms with E-state index in [4.69, 9.17) is 15.7 Å². The Kier molecular flexibility index (Phi) is 4.28. The van der Waals surface area contributed by atoms with E-state index in [-0.39, 0.29) is 29.8 Å². The summed E-state index contributed by atoms with van der Waals surface area (Å²) in [6.45, 7) is 2.26. The Labute approximate surface area is 174 Å². The highest BCUT2D eigenvalue weighted by molar-refractivity contribution is 6.03. The molecule has 3 atom stereocenters. The fourth-order valence-corrected chi connectivity index (χ4v) is 4.32. The van der Waals surface area contributed by atoms with Crippen molar-refractivity contribution in [2.45, 2.75) is 44.7 Å². The molecule has 2 N–H and O–H groups in total. The van der Waals surface area contributed by atoms with Gasteiger partial charge < -0.3 is 10.5 Å². The third-order valence-electron chi connectivity index (χ3n) is 6.40. The van der Waals surface area contributed by atoms with Gasteiger partial charge in [0.1, 0.15) is 12.4 Å². The number of anilines is 3. The Bertz CT molecular complexity index is 1090. The second-order valence-corrected chi connectivity index (χ2v) is 8.47. The molecule has 1 aromatic carbocycles. The number of amides is 2. The van der Waals surface area contributed by atoms with E-state index in [1.807, 2.05) is 19.1 Å². The van der Waals surface area contributed by atoms with Gasteiger partial charge in [0, 0.05) is 23.3 Å². The molecule has 2 aromatic rings. The number of cyclic esters (lactones) is 1. The van der Waals surface area contributed by atoms with Gasteiger partial charge in [-0.05, 0) is 56.2 Å². The van der Waals surface area contributed by atoms with E-state index >= 15 is 0 Å². The molecule has 0 unspecified atom stereocenters. The zero-order valence-electron chi connectivity index (χ0n) is 16.7. The number of nitriles is 1. The molecular weight excluding hydrogens is 382 g/mol. The van der Waals surface area contributed by atoms with Crippen molar-refractivity contribution < 1.29 is 14.3 Å². The van der Waals surface area contributed by atoms with Crippen molar-refractivity contribution in [3.05, 3.63) is 24.4 Å². The van der Waals surface area contributed by atoms with E-state index < -0.39 is 6.09 Å². The fourth-order valence-electron chi connectivity index (χ4n) is 4.32. The largest absolute Gasteiger partial charge is 0.447 e. The predicted molar refractivity (Wildman–Crippen MR) is 112 cm³/mol. The first-order valence-corrected chi connectivity index (χ1v) is 10.4. The van der Waals surface area contributed by atoms with Crippen molar-refractivity contribution in [1.29, 1.82) is 5.26 Å². The maximum atomic E-state index is 13.1. The maximum absolute atomic E-state index is 13.1. The van der Waals surface area contributed by atoms with Crippen LogP contribution in [0.25, 0.3) is 10.8 Å². The summed E-state index contributed by atoms with van der Waals surface area (Å²) in [4.78, 5) is 33.2. The van der Waals surface area contributed by atoms with Crippen molar-refractivity contribution in [1.82, 2.24) is 4.98 Å². The molecule has 2 amide bonds. The highest BCUT2D eigenvalue weighted by Gasteiger charge is 2.47. The number of pyridine rings is 1. The molecule has 3 aliphatic rings. The SMILES string of the molecule is C[C@@H]1COC(=O)N1c1cc(N)c2cnc(N(C(=O)[C@@H]3C[C@H]3C#N)C3CCC3)cc2c1. The number of rotatable bonds is 4. The van der Waals surface area contributed by atoms with Gasteiger partial charge in [0.05, 0.1) is 29.6 Å². The first kappa shape index (κ1) is 18.7.